The Morgan fingerprint density at radius 3 is 2.16 bits per heavy atom. The maximum atomic E-state index is 12.2. The lowest BCUT2D eigenvalue weighted by molar-refractivity contribution is -0.00611. The van der Waals surface area contributed by atoms with Gasteiger partial charge in [0, 0.05) is 17.7 Å². The number of benzene rings is 3. The summed E-state index contributed by atoms with van der Waals surface area (Å²) < 4.78 is 0. The number of amides is 1. The van der Waals surface area contributed by atoms with Crippen molar-refractivity contribution in [2.45, 2.75) is 50.9 Å². The van der Waals surface area contributed by atoms with Gasteiger partial charge in [0.2, 0.25) is 0 Å². The van der Waals surface area contributed by atoms with Crippen LogP contribution in [-0.2, 0) is 5.41 Å². The number of phenolic OH excluding ortho intramolecular Hbond substituents is 1. The van der Waals surface area contributed by atoms with Crippen LogP contribution in [0.4, 0.5) is 0 Å². The number of hydrogen-bond donors (Lipinski definition) is 2. The van der Waals surface area contributed by atoms with Crippen molar-refractivity contribution in [3.63, 3.8) is 0 Å². The number of nitrogens with one attached hydrogen (secondary N) is 1. The molecule has 3 aromatic carbocycles. The van der Waals surface area contributed by atoms with E-state index in [-0.39, 0.29) is 11.3 Å². The molecule has 3 nitrogen and oxygen atoms in total. The van der Waals surface area contributed by atoms with Crippen LogP contribution in [0.1, 0.15) is 61.4 Å². The van der Waals surface area contributed by atoms with E-state index in [0.717, 1.165) is 34.1 Å². The molecule has 0 heterocycles. The molecule has 3 aromatic rings. The fourth-order valence-corrected chi connectivity index (χ4v) is 7.41. The molecule has 0 aliphatic heterocycles. The Kier molecular flexibility index (Phi) is 4.57. The van der Waals surface area contributed by atoms with Crippen LogP contribution in [-0.4, -0.2) is 17.6 Å². The number of carbonyl (C=O) groups is 1. The number of aromatic hydroxyl groups is 1. The normalized spacial score (nSPS) is 28.2. The SMILES string of the molecule is CCNC(=O)c1ccc2cc(-c3ccc(O)c(C45CC6CC(CC(C6)C4)C5)c3)ccc2c1. The van der Waals surface area contributed by atoms with E-state index in [1.807, 2.05) is 37.3 Å². The van der Waals surface area contributed by atoms with Crippen molar-refractivity contribution in [3.05, 3.63) is 65.7 Å². The van der Waals surface area contributed by atoms with Crippen LogP contribution >= 0.6 is 0 Å². The summed E-state index contributed by atoms with van der Waals surface area (Å²) in [6.45, 7) is 2.56. The molecule has 0 atom stereocenters. The first-order valence-electron chi connectivity index (χ1n) is 12.2. The van der Waals surface area contributed by atoms with E-state index >= 15 is 0 Å². The van der Waals surface area contributed by atoms with E-state index < -0.39 is 0 Å². The standard InChI is InChI=1S/C29H31NO2/c1-2-30-28(32)25-6-5-21-12-22(3-4-23(21)13-25)24-7-8-27(31)26(14-24)29-15-18-9-19(16-29)11-20(10-18)17-29/h3-8,12-14,18-20,31H,2,9-11,15-17H2,1H3,(H,30,32). The third-order valence-electron chi connectivity index (χ3n) is 8.38. The van der Waals surface area contributed by atoms with Gasteiger partial charge in [-0.1, -0.05) is 24.3 Å². The van der Waals surface area contributed by atoms with Crippen molar-refractivity contribution < 1.29 is 9.90 Å². The average molecular weight is 426 g/mol. The van der Waals surface area contributed by atoms with Crippen LogP contribution in [0.25, 0.3) is 21.9 Å². The molecule has 4 aliphatic rings. The van der Waals surface area contributed by atoms with Crippen LogP contribution in [0.3, 0.4) is 0 Å². The zero-order valence-corrected chi connectivity index (χ0v) is 18.7. The summed E-state index contributed by atoms with van der Waals surface area (Å²) in [6.07, 6.45) is 7.96. The van der Waals surface area contributed by atoms with Gasteiger partial charge in [-0.25, -0.2) is 0 Å². The first-order valence-corrected chi connectivity index (χ1v) is 12.2. The Hall–Kier alpha value is -2.81. The fourth-order valence-electron chi connectivity index (χ4n) is 7.41. The maximum absolute atomic E-state index is 12.2. The van der Waals surface area contributed by atoms with E-state index in [9.17, 15) is 9.90 Å². The van der Waals surface area contributed by atoms with Crippen molar-refractivity contribution in [2.75, 3.05) is 6.54 Å². The van der Waals surface area contributed by atoms with Crippen LogP contribution in [0.2, 0.25) is 0 Å². The monoisotopic (exact) mass is 425 g/mol. The van der Waals surface area contributed by atoms with Crippen LogP contribution in [0, 0.1) is 17.8 Å². The van der Waals surface area contributed by atoms with Gasteiger partial charge < -0.3 is 10.4 Å². The van der Waals surface area contributed by atoms with E-state index in [0.29, 0.717) is 17.9 Å². The minimum absolute atomic E-state index is 0.0303. The Bertz CT molecular complexity index is 1180. The zero-order valence-electron chi connectivity index (χ0n) is 18.7. The van der Waals surface area contributed by atoms with Gasteiger partial charge in [0.05, 0.1) is 0 Å². The highest BCUT2D eigenvalue weighted by Crippen LogP contribution is 2.62. The Balaban J connectivity index is 1.36. The Labute approximate surface area is 189 Å². The lowest BCUT2D eigenvalue weighted by Gasteiger charge is -2.57. The number of fused-ring (bicyclic) bond motifs is 1. The zero-order chi connectivity index (χ0) is 21.9. The van der Waals surface area contributed by atoms with Gasteiger partial charge in [0.25, 0.3) is 5.91 Å². The van der Waals surface area contributed by atoms with Gasteiger partial charge in [-0.3, -0.25) is 4.79 Å². The molecule has 0 aromatic heterocycles. The summed E-state index contributed by atoms with van der Waals surface area (Å²) >= 11 is 0. The highest BCUT2D eigenvalue weighted by molar-refractivity contribution is 5.99. The fraction of sp³-hybridized carbons (Fsp3) is 0.414. The van der Waals surface area contributed by atoms with Gasteiger partial charge in [-0.15, -0.1) is 0 Å². The molecule has 4 saturated carbocycles. The number of rotatable bonds is 4. The summed E-state index contributed by atoms with van der Waals surface area (Å²) in [6, 6.07) is 18.6. The van der Waals surface area contributed by atoms with Crippen molar-refractivity contribution in [2.24, 2.45) is 17.8 Å². The van der Waals surface area contributed by atoms with Crippen LogP contribution in [0.15, 0.2) is 54.6 Å². The van der Waals surface area contributed by atoms with E-state index in [4.69, 9.17) is 0 Å². The van der Waals surface area contributed by atoms with E-state index in [1.165, 1.54) is 49.7 Å². The van der Waals surface area contributed by atoms with Gasteiger partial charge in [-0.05, 0) is 121 Å². The molecule has 164 valence electrons. The minimum atomic E-state index is -0.0303. The molecular weight excluding hydrogens is 394 g/mol. The number of carbonyl (C=O) groups excluding carboxylic acids is 1. The molecule has 2 N–H and O–H groups in total. The lowest BCUT2D eigenvalue weighted by atomic mass is 9.48. The second-order valence-corrected chi connectivity index (χ2v) is 10.6. The predicted molar refractivity (Wildman–Crippen MR) is 129 cm³/mol. The third-order valence-corrected chi connectivity index (χ3v) is 8.38. The molecule has 4 fully saturated rings. The van der Waals surface area contributed by atoms with Crippen LogP contribution in [0.5, 0.6) is 5.75 Å². The molecule has 0 spiro atoms. The first-order chi connectivity index (χ1) is 15.5. The smallest absolute Gasteiger partial charge is 0.251 e. The van der Waals surface area contributed by atoms with Crippen molar-refractivity contribution in [1.82, 2.24) is 5.32 Å². The quantitative estimate of drug-likeness (QED) is 0.506. The molecule has 4 aliphatic carbocycles. The molecule has 4 bridgehead atoms. The maximum Gasteiger partial charge on any atom is 0.251 e. The second kappa shape index (κ2) is 7.37. The highest BCUT2D eigenvalue weighted by Gasteiger charge is 2.52. The summed E-state index contributed by atoms with van der Waals surface area (Å²) in [7, 11) is 0. The molecular formula is C29H31NO2. The molecule has 0 saturated heterocycles. The molecule has 7 rings (SSSR count). The van der Waals surface area contributed by atoms with Crippen molar-refractivity contribution in [3.8, 4) is 16.9 Å². The Morgan fingerprint density at radius 1 is 0.875 bits per heavy atom. The average Bonchev–Trinajstić information content (AvgIpc) is 2.78. The highest BCUT2D eigenvalue weighted by atomic mass is 16.3. The molecule has 1 amide bonds. The number of hydrogen-bond acceptors (Lipinski definition) is 2. The summed E-state index contributed by atoms with van der Waals surface area (Å²) in [5, 5.41) is 16.0. The Morgan fingerprint density at radius 2 is 1.47 bits per heavy atom. The molecule has 0 radical (unpaired) electrons. The first kappa shape index (κ1) is 19.8. The summed E-state index contributed by atoms with van der Waals surface area (Å²) in [4.78, 5) is 12.2. The number of phenols is 1. The molecule has 3 heteroatoms. The minimum Gasteiger partial charge on any atom is -0.508 e. The molecule has 32 heavy (non-hydrogen) atoms. The summed E-state index contributed by atoms with van der Waals surface area (Å²) in [5.41, 5.74) is 4.38. The van der Waals surface area contributed by atoms with Gasteiger partial charge in [-0.2, -0.15) is 0 Å². The summed E-state index contributed by atoms with van der Waals surface area (Å²) in [5.74, 6) is 3.00. The largest absolute Gasteiger partial charge is 0.508 e. The van der Waals surface area contributed by atoms with Crippen LogP contribution < -0.4 is 5.32 Å². The van der Waals surface area contributed by atoms with Gasteiger partial charge >= 0.3 is 0 Å². The second-order valence-electron chi connectivity index (χ2n) is 10.6. The van der Waals surface area contributed by atoms with Gasteiger partial charge in [0.1, 0.15) is 5.75 Å². The predicted octanol–water partition coefficient (Wildman–Crippen LogP) is 6.43. The molecule has 0 unspecified atom stereocenters. The van der Waals surface area contributed by atoms with Gasteiger partial charge in [0.15, 0.2) is 0 Å². The topological polar surface area (TPSA) is 49.3 Å². The van der Waals surface area contributed by atoms with Crippen molar-refractivity contribution in [1.29, 1.82) is 0 Å². The van der Waals surface area contributed by atoms with E-state index in [2.05, 4.69) is 29.6 Å². The van der Waals surface area contributed by atoms with Crippen molar-refractivity contribution >= 4 is 16.7 Å². The third kappa shape index (κ3) is 3.21. The lowest BCUT2D eigenvalue weighted by Crippen LogP contribution is -2.48. The van der Waals surface area contributed by atoms with E-state index in [1.54, 1.807) is 0 Å².